The first-order chi connectivity index (χ1) is 10.5. The van der Waals surface area contributed by atoms with Crippen molar-refractivity contribution in [1.29, 1.82) is 0 Å². The Hall–Kier alpha value is -2.51. The molecule has 0 saturated heterocycles. The summed E-state index contributed by atoms with van der Waals surface area (Å²) in [5.41, 5.74) is -0.0556. The molecule has 0 atom stereocenters. The molecule has 2 aromatic carbocycles. The maximum Gasteiger partial charge on any atom is 0.165 e. The minimum atomic E-state index is -0.774. The molecule has 2 rings (SSSR count). The Balaban J connectivity index is 0. The molecule has 4 nitrogen and oxygen atoms in total. The molecule has 0 aliphatic heterocycles. The second-order valence-electron chi connectivity index (χ2n) is 3.59. The quantitative estimate of drug-likeness (QED) is 0.630. The van der Waals surface area contributed by atoms with E-state index in [0.717, 1.165) is 12.1 Å². The largest absolute Gasteiger partial charge is 0.504 e. The third-order valence-corrected chi connectivity index (χ3v) is 2.29. The van der Waals surface area contributed by atoms with Gasteiger partial charge in [-0.3, -0.25) is 9.59 Å². The van der Waals surface area contributed by atoms with Crippen LogP contribution in [0.2, 0.25) is 0 Å². The van der Waals surface area contributed by atoms with Crippen LogP contribution in [0.1, 0.15) is 20.7 Å². The smallest absolute Gasteiger partial charge is 0.165 e. The third kappa shape index (κ3) is 6.85. The molecule has 7 heteroatoms. The van der Waals surface area contributed by atoms with E-state index in [0.29, 0.717) is 12.6 Å². The number of phenols is 2. The van der Waals surface area contributed by atoms with Crippen LogP contribution in [0.3, 0.4) is 0 Å². The number of benzene rings is 2. The van der Waals surface area contributed by atoms with Crippen molar-refractivity contribution in [3.63, 3.8) is 0 Å². The van der Waals surface area contributed by atoms with Crippen LogP contribution in [-0.2, 0) is 16.8 Å². The standard InChI is InChI=1S/2C7H5FO2.C2H4.Co/c2*8-6-3-1-2-5(4-9)7(6)10;1-2;/h2*1-4,10H;1-2H2;. The summed E-state index contributed by atoms with van der Waals surface area (Å²) in [7, 11) is 0. The summed E-state index contributed by atoms with van der Waals surface area (Å²) in [5, 5.41) is 17.6. The predicted molar refractivity (Wildman–Crippen MR) is 78.2 cm³/mol. The number of aromatic hydroxyl groups is 2. The maximum atomic E-state index is 12.4. The molecule has 0 fully saturated rings. The Kier molecular flexibility index (Phi) is 11.9. The van der Waals surface area contributed by atoms with E-state index in [1.165, 1.54) is 24.3 Å². The zero-order valence-electron chi connectivity index (χ0n) is 11.8. The zero-order valence-corrected chi connectivity index (χ0v) is 12.9. The number of halogens is 2. The van der Waals surface area contributed by atoms with Gasteiger partial charge in [0, 0.05) is 16.8 Å². The van der Waals surface area contributed by atoms with Crippen molar-refractivity contribution in [2.45, 2.75) is 0 Å². The topological polar surface area (TPSA) is 74.6 Å². The Bertz CT molecular complexity index is 592. The second-order valence-corrected chi connectivity index (χ2v) is 3.59. The number of rotatable bonds is 2. The minimum absolute atomic E-state index is 0. The SMILES string of the molecule is C=C.O=Cc1cccc(F)c1O.O=Cc1cccc(F)c1O.[Co]. The first-order valence-electron chi connectivity index (χ1n) is 5.86. The number of aldehydes is 2. The predicted octanol–water partition coefficient (Wildman–Crippen LogP) is 3.49. The first kappa shape index (κ1) is 22.8. The van der Waals surface area contributed by atoms with E-state index in [-0.39, 0.29) is 27.9 Å². The molecule has 0 aliphatic carbocycles. The molecule has 125 valence electrons. The van der Waals surface area contributed by atoms with Crippen molar-refractivity contribution in [3.05, 3.63) is 72.3 Å². The molecule has 0 spiro atoms. The zero-order chi connectivity index (χ0) is 17.1. The van der Waals surface area contributed by atoms with Crippen molar-refractivity contribution in [2.75, 3.05) is 0 Å². The average Bonchev–Trinajstić information content (AvgIpc) is 2.55. The first-order valence-corrected chi connectivity index (χ1v) is 5.86. The van der Waals surface area contributed by atoms with Crippen LogP contribution in [0, 0.1) is 11.6 Å². The molecule has 0 aliphatic rings. The van der Waals surface area contributed by atoms with Crippen molar-refractivity contribution in [1.82, 2.24) is 0 Å². The number of carbonyl (C=O) groups excluding carboxylic acids is 2. The van der Waals surface area contributed by atoms with Gasteiger partial charge in [0.1, 0.15) is 0 Å². The van der Waals surface area contributed by atoms with E-state index in [1.54, 1.807) is 0 Å². The average molecular weight is 367 g/mol. The summed E-state index contributed by atoms with van der Waals surface area (Å²) in [6.45, 7) is 6.00. The summed E-state index contributed by atoms with van der Waals surface area (Å²) in [6, 6.07) is 7.57. The molecule has 2 N–H and O–H groups in total. The van der Waals surface area contributed by atoms with Gasteiger partial charge in [-0.05, 0) is 24.3 Å². The van der Waals surface area contributed by atoms with E-state index in [2.05, 4.69) is 13.2 Å². The Morgan fingerprint density at radius 3 is 1.30 bits per heavy atom. The van der Waals surface area contributed by atoms with Crippen molar-refractivity contribution in [2.24, 2.45) is 0 Å². The fourth-order valence-corrected chi connectivity index (χ4v) is 1.25. The molecular weight excluding hydrogens is 353 g/mol. The molecule has 0 aromatic heterocycles. The number of hydrogen-bond acceptors (Lipinski definition) is 4. The summed E-state index contributed by atoms with van der Waals surface area (Å²) in [5.74, 6) is -2.72. The van der Waals surface area contributed by atoms with E-state index in [1.807, 2.05) is 0 Å². The minimum Gasteiger partial charge on any atom is -0.504 e. The van der Waals surface area contributed by atoms with Gasteiger partial charge in [-0.25, -0.2) is 8.78 Å². The molecular formula is C16H14CoF2O4. The van der Waals surface area contributed by atoms with Gasteiger partial charge in [0.25, 0.3) is 0 Å². The van der Waals surface area contributed by atoms with E-state index in [4.69, 9.17) is 10.2 Å². The Morgan fingerprint density at radius 1 is 0.783 bits per heavy atom. The molecule has 0 bridgehead atoms. The maximum absolute atomic E-state index is 12.4. The molecule has 23 heavy (non-hydrogen) atoms. The fourth-order valence-electron chi connectivity index (χ4n) is 1.25. The number of para-hydroxylation sites is 2. The summed E-state index contributed by atoms with van der Waals surface area (Å²) in [6.07, 6.45) is 0.802. The van der Waals surface area contributed by atoms with Crippen LogP contribution in [0.15, 0.2) is 49.6 Å². The molecule has 2 aromatic rings. The molecule has 0 saturated carbocycles. The van der Waals surface area contributed by atoms with E-state index >= 15 is 0 Å². The van der Waals surface area contributed by atoms with Gasteiger partial charge < -0.3 is 10.2 Å². The van der Waals surface area contributed by atoms with Crippen LogP contribution in [0.5, 0.6) is 11.5 Å². The number of carbonyl (C=O) groups is 2. The number of hydrogen-bond donors (Lipinski definition) is 2. The summed E-state index contributed by atoms with van der Waals surface area (Å²) < 4.78 is 24.7. The van der Waals surface area contributed by atoms with Crippen molar-refractivity contribution in [3.8, 4) is 11.5 Å². The third-order valence-electron chi connectivity index (χ3n) is 2.29. The van der Waals surface area contributed by atoms with Crippen molar-refractivity contribution >= 4 is 12.6 Å². The number of phenolic OH excluding ortho intramolecular Hbond substituents is 2. The van der Waals surface area contributed by atoms with Gasteiger partial charge in [0.05, 0.1) is 11.1 Å². The van der Waals surface area contributed by atoms with Gasteiger partial charge >= 0.3 is 0 Å². The van der Waals surface area contributed by atoms with Crippen molar-refractivity contribution < 1.29 is 45.4 Å². The second kappa shape index (κ2) is 12.1. The van der Waals surface area contributed by atoms with Crippen LogP contribution >= 0.6 is 0 Å². The summed E-state index contributed by atoms with van der Waals surface area (Å²) in [4.78, 5) is 20.1. The van der Waals surface area contributed by atoms with Crippen LogP contribution in [-0.4, -0.2) is 22.8 Å². The van der Waals surface area contributed by atoms with Crippen LogP contribution < -0.4 is 0 Å². The molecule has 1 radical (unpaired) electrons. The van der Waals surface area contributed by atoms with Gasteiger partial charge in [0.15, 0.2) is 35.7 Å². The van der Waals surface area contributed by atoms with E-state index in [9.17, 15) is 18.4 Å². The fraction of sp³-hybridized carbons (Fsp3) is 0. The van der Waals surface area contributed by atoms with Gasteiger partial charge in [-0.1, -0.05) is 12.1 Å². The Morgan fingerprint density at radius 2 is 1.09 bits per heavy atom. The molecule has 0 amide bonds. The monoisotopic (exact) mass is 367 g/mol. The Labute approximate surface area is 142 Å². The summed E-state index contributed by atoms with van der Waals surface area (Å²) >= 11 is 0. The van der Waals surface area contributed by atoms with E-state index < -0.39 is 23.1 Å². The molecule has 0 heterocycles. The normalized spacial score (nSPS) is 8.26. The van der Waals surface area contributed by atoms with Gasteiger partial charge in [-0.15, -0.1) is 13.2 Å². The molecule has 0 unspecified atom stereocenters. The van der Waals surface area contributed by atoms with Crippen LogP contribution in [0.4, 0.5) is 8.78 Å². The van der Waals surface area contributed by atoms with Crippen LogP contribution in [0.25, 0.3) is 0 Å². The van der Waals surface area contributed by atoms with Gasteiger partial charge in [0.2, 0.25) is 0 Å². The van der Waals surface area contributed by atoms with Gasteiger partial charge in [-0.2, -0.15) is 0 Å².